The molecule has 0 atom stereocenters. The zero-order valence-corrected chi connectivity index (χ0v) is 25.1. The van der Waals surface area contributed by atoms with Crippen LogP contribution in [0.3, 0.4) is 0 Å². The highest BCUT2D eigenvalue weighted by atomic mass is 32.1. The minimum absolute atomic E-state index is 0.210. The molecule has 212 valence electrons. The van der Waals surface area contributed by atoms with Crippen LogP contribution < -0.4 is 5.32 Å². The average Bonchev–Trinajstić information content (AvgIpc) is 2.98. The van der Waals surface area contributed by atoms with Gasteiger partial charge in [0.25, 0.3) is 0 Å². The molecule has 38 heavy (non-hydrogen) atoms. The molecule has 0 spiro atoms. The number of aliphatic hydroxyl groups excluding tert-OH is 2. The van der Waals surface area contributed by atoms with Crippen molar-refractivity contribution in [3.63, 3.8) is 0 Å². The van der Waals surface area contributed by atoms with Crippen LogP contribution in [0.1, 0.15) is 56.9 Å². The number of benzene rings is 1. The summed E-state index contributed by atoms with van der Waals surface area (Å²) in [5, 5.41) is 19.5. The number of hydrogen-bond acceptors (Lipinski definition) is 7. The lowest BCUT2D eigenvalue weighted by Gasteiger charge is -2.34. The number of carbonyl (C=O) groups excluding carboxylic acids is 1. The molecule has 2 aromatic rings. The number of aromatic nitrogens is 2. The Balaban J connectivity index is 0.00000134. The van der Waals surface area contributed by atoms with E-state index in [1.807, 2.05) is 13.1 Å². The number of rotatable bonds is 7. The standard InChI is InChI=1S/C23H28N4O2.C5H12.CH4O.CH4S/c1-16-4-6-18(7-5-16)17(2)22(20-8-11-25-15-26-20)23(24-3)19-9-12-27(13-10-19)21(29)14-28;1-4-5(2)3;2*1-2/h4-8,11,15,19,24,28H,2,9-10,12-14H2,1,3H3;5H,4H2,1-3H3;2*2H,1H3/b23-22+;;;. The van der Waals surface area contributed by atoms with Gasteiger partial charge in [0.1, 0.15) is 12.9 Å². The van der Waals surface area contributed by atoms with Crippen LogP contribution in [-0.4, -0.2) is 71.1 Å². The van der Waals surface area contributed by atoms with Gasteiger partial charge in [-0.1, -0.05) is 63.6 Å². The van der Waals surface area contributed by atoms with Crippen molar-refractivity contribution in [2.75, 3.05) is 40.1 Å². The molecular formula is C30H48N4O3S. The summed E-state index contributed by atoms with van der Waals surface area (Å²) >= 11 is 3.53. The van der Waals surface area contributed by atoms with Gasteiger partial charge in [-0.25, -0.2) is 9.97 Å². The summed E-state index contributed by atoms with van der Waals surface area (Å²) in [6.45, 7) is 13.9. The molecular weight excluding hydrogens is 496 g/mol. The number of thiol groups is 1. The fourth-order valence-corrected chi connectivity index (χ4v) is 3.84. The van der Waals surface area contributed by atoms with Crippen LogP contribution in [0.15, 0.2) is 55.1 Å². The van der Waals surface area contributed by atoms with Gasteiger partial charge in [0.15, 0.2) is 0 Å². The molecule has 0 radical (unpaired) electrons. The average molecular weight is 545 g/mol. The molecule has 0 unspecified atom stereocenters. The van der Waals surface area contributed by atoms with Crippen molar-refractivity contribution in [1.29, 1.82) is 0 Å². The lowest BCUT2D eigenvalue weighted by molar-refractivity contribution is -0.135. The lowest BCUT2D eigenvalue weighted by Crippen LogP contribution is -2.41. The van der Waals surface area contributed by atoms with E-state index in [0.29, 0.717) is 13.1 Å². The van der Waals surface area contributed by atoms with E-state index in [9.17, 15) is 4.79 Å². The number of allylic oxidation sites excluding steroid dienone is 3. The number of nitrogens with one attached hydrogen (secondary N) is 1. The summed E-state index contributed by atoms with van der Waals surface area (Å²) in [6, 6.07) is 10.2. The van der Waals surface area contributed by atoms with Gasteiger partial charge in [0.2, 0.25) is 5.91 Å². The number of aryl methyl sites for hydroxylation is 1. The maximum absolute atomic E-state index is 11.8. The zero-order chi connectivity index (χ0) is 29.1. The molecule has 1 aliphatic heterocycles. The first-order valence-corrected chi connectivity index (χ1v) is 13.9. The topological polar surface area (TPSA) is 98.6 Å². The molecule has 8 heteroatoms. The van der Waals surface area contributed by atoms with E-state index in [1.54, 1.807) is 23.7 Å². The summed E-state index contributed by atoms with van der Waals surface area (Å²) < 4.78 is 0. The molecule has 2 heterocycles. The summed E-state index contributed by atoms with van der Waals surface area (Å²) in [5.41, 5.74) is 6.02. The molecule has 0 bridgehead atoms. The number of piperidine rings is 1. The normalized spacial score (nSPS) is 13.5. The van der Waals surface area contributed by atoms with Crippen LogP contribution in [0.4, 0.5) is 0 Å². The minimum Gasteiger partial charge on any atom is -0.400 e. The maximum Gasteiger partial charge on any atom is 0.248 e. The second-order valence-electron chi connectivity index (χ2n) is 9.09. The van der Waals surface area contributed by atoms with Crippen molar-refractivity contribution in [2.45, 2.75) is 47.0 Å². The summed E-state index contributed by atoms with van der Waals surface area (Å²) in [7, 11) is 2.92. The number of hydrogen-bond donors (Lipinski definition) is 4. The molecule has 3 rings (SSSR count). The van der Waals surface area contributed by atoms with Crippen molar-refractivity contribution in [3.05, 3.63) is 72.0 Å². The fourth-order valence-electron chi connectivity index (χ4n) is 3.84. The van der Waals surface area contributed by atoms with E-state index in [2.05, 4.69) is 86.5 Å². The highest BCUT2D eigenvalue weighted by Crippen LogP contribution is 2.36. The Labute approximate surface area is 235 Å². The Morgan fingerprint density at radius 1 is 1.16 bits per heavy atom. The number of aliphatic hydroxyl groups is 2. The highest BCUT2D eigenvalue weighted by Gasteiger charge is 2.27. The Morgan fingerprint density at radius 2 is 1.71 bits per heavy atom. The Kier molecular flexibility index (Phi) is 18.9. The molecule has 3 N–H and O–H groups in total. The Morgan fingerprint density at radius 3 is 2.13 bits per heavy atom. The SMILES string of the molecule is C=C(/C(=C(\NC)C1CCN(C(=O)CO)CC1)c1ccncn1)c1ccc(C)cc1.CCC(C)C.CO.CS. The van der Waals surface area contributed by atoms with E-state index in [0.717, 1.165) is 54.0 Å². The van der Waals surface area contributed by atoms with E-state index in [-0.39, 0.29) is 11.8 Å². The quantitative estimate of drug-likeness (QED) is 0.293. The molecule has 7 nitrogen and oxygen atoms in total. The third kappa shape index (κ3) is 11.4. The number of nitrogens with zero attached hydrogens (tertiary/aromatic N) is 3. The molecule has 0 aliphatic carbocycles. The van der Waals surface area contributed by atoms with Crippen LogP contribution in [0.25, 0.3) is 11.1 Å². The predicted molar refractivity (Wildman–Crippen MR) is 163 cm³/mol. The van der Waals surface area contributed by atoms with E-state index < -0.39 is 6.61 Å². The number of amides is 1. The second kappa shape index (κ2) is 20.3. The molecule has 1 aromatic carbocycles. The second-order valence-corrected chi connectivity index (χ2v) is 9.09. The zero-order valence-electron chi connectivity index (χ0n) is 24.2. The largest absolute Gasteiger partial charge is 0.400 e. The van der Waals surface area contributed by atoms with Crippen LogP contribution in [-0.2, 0) is 4.79 Å². The van der Waals surface area contributed by atoms with Crippen LogP contribution in [0.2, 0.25) is 0 Å². The Bertz CT molecular complexity index is 955. The molecule has 0 saturated carbocycles. The maximum atomic E-state index is 11.8. The van der Waals surface area contributed by atoms with Crippen molar-refractivity contribution >= 4 is 29.7 Å². The van der Waals surface area contributed by atoms with Crippen molar-refractivity contribution in [1.82, 2.24) is 20.2 Å². The van der Waals surface area contributed by atoms with E-state index in [4.69, 9.17) is 10.2 Å². The highest BCUT2D eigenvalue weighted by molar-refractivity contribution is 7.79. The first-order chi connectivity index (χ1) is 18.3. The molecule has 1 fully saturated rings. The molecule has 1 aliphatic rings. The van der Waals surface area contributed by atoms with Crippen LogP contribution >= 0.6 is 12.6 Å². The lowest BCUT2D eigenvalue weighted by atomic mass is 9.85. The summed E-state index contributed by atoms with van der Waals surface area (Å²) in [6.07, 6.45) is 7.92. The van der Waals surface area contributed by atoms with Crippen LogP contribution in [0, 0.1) is 18.8 Å². The first-order valence-electron chi connectivity index (χ1n) is 13.0. The van der Waals surface area contributed by atoms with E-state index in [1.165, 1.54) is 12.0 Å². The van der Waals surface area contributed by atoms with Gasteiger partial charge in [-0.15, -0.1) is 0 Å². The Hall–Kier alpha value is -2.68. The minimum atomic E-state index is -0.435. The smallest absolute Gasteiger partial charge is 0.248 e. The first kappa shape index (κ1) is 35.3. The molecule has 1 saturated heterocycles. The number of likely N-dealkylation sites (tertiary alicyclic amines) is 1. The third-order valence-corrected chi connectivity index (χ3v) is 6.29. The predicted octanol–water partition coefficient (Wildman–Crippen LogP) is 4.87. The number of carbonyl (C=O) groups is 1. The molecule has 1 amide bonds. The van der Waals surface area contributed by atoms with Gasteiger partial charge in [-0.2, -0.15) is 12.6 Å². The summed E-state index contributed by atoms with van der Waals surface area (Å²) in [4.78, 5) is 22.1. The van der Waals surface area contributed by atoms with Gasteiger partial charge < -0.3 is 20.4 Å². The summed E-state index contributed by atoms with van der Waals surface area (Å²) in [5.74, 6) is 0.920. The van der Waals surface area contributed by atoms with E-state index >= 15 is 0 Å². The van der Waals surface area contributed by atoms with Gasteiger partial charge >= 0.3 is 0 Å². The third-order valence-electron chi connectivity index (χ3n) is 6.29. The fraction of sp³-hybridized carbons (Fsp3) is 0.500. The van der Waals surface area contributed by atoms with Gasteiger partial charge in [-0.05, 0) is 49.1 Å². The van der Waals surface area contributed by atoms with Crippen molar-refractivity contribution in [2.24, 2.45) is 11.8 Å². The molecule has 1 aromatic heterocycles. The van der Waals surface area contributed by atoms with Crippen molar-refractivity contribution in [3.8, 4) is 0 Å². The van der Waals surface area contributed by atoms with Gasteiger partial charge in [-0.3, -0.25) is 4.79 Å². The van der Waals surface area contributed by atoms with Crippen LogP contribution in [0.5, 0.6) is 0 Å². The monoisotopic (exact) mass is 544 g/mol. The van der Waals surface area contributed by atoms with Gasteiger partial charge in [0.05, 0.1) is 5.69 Å². The van der Waals surface area contributed by atoms with Gasteiger partial charge in [0, 0.05) is 50.6 Å². The van der Waals surface area contributed by atoms with Crippen molar-refractivity contribution < 1.29 is 15.0 Å².